The molecule has 0 spiro atoms. The van der Waals surface area contributed by atoms with Crippen LogP contribution in [0.5, 0.6) is 17.2 Å². The fourth-order valence-corrected chi connectivity index (χ4v) is 3.32. The molecule has 0 saturated carbocycles. The number of hydrogen-bond donors (Lipinski definition) is 2. The minimum absolute atomic E-state index is 0.00752. The van der Waals surface area contributed by atoms with E-state index in [2.05, 4.69) is 10.2 Å². The first kappa shape index (κ1) is 17.9. The second-order valence-corrected chi connectivity index (χ2v) is 6.93. The Morgan fingerprint density at radius 2 is 1.79 bits per heavy atom. The van der Waals surface area contributed by atoms with Crippen molar-refractivity contribution in [3.63, 3.8) is 0 Å². The molecule has 0 fully saturated rings. The maximum absolute atomic E-state index is 10.3. The zero-order valence-electron chi connectivity index (χ0n) is 15.9. The highest BCUT2D eigenvalue weighted by molar-refractivity contribution is 5.92. The average molecular weight is 375 g/mol. The summed E-state index contributed by atoms with van der Waals surface area (Å²) in [4.78, 5) is 0. The van der Waals surface area contributed by atoms with Crippen LogP contribution in [0.1, 0.15) is 19.7 Å². The van der Waals surface area contributed by atoms with E-state index in [9.17, 15) is 10.2 Å². The number of phenolic OH excluding ortho intramolecular Hbond substituents is 2. The molecule has 0 aliphatic heterocycles. The summed E-state index contributed by atoms with van der Waals surface area (Å²) >= 11 is 0. The number of phenols is 2. The molecule has 142 valence electrons. The highest BCUT2D eigenvalue weighted by Gasteiger charge is 2.18. The van der Waals surface area contributed by atoms with E-state index in [-0.39, 0.29) is 17.6 Å². The van der Waals surface area contributed by atoms with Gasteiger partial charge in [0.25, 0.3) is 0 Å². The van der Waals surface area contributed by atoms with Gasteiger partial charge >= 0.3 is 0 Å². The molecule has 3 aromatic carbocycles. The highest BCUT2D eigenvalue weighted by Crippen LogP contribution is 2.35. The predicted octanol–water partition coefficient (Wildman–Crippen LogP) is 4.59. The Kier molecular flexibility index (Phi) is 4.39. The largest absolute Gasteiger partial charge is 0.508 e. The van der Waals surface area contributed by atoms with Gasteiger partial charge in [-0.05, 0) is 62.6 Å². The lowest BCUT2D eigenvalue weighted by atomic mass is 10.1. The maximum atomic E-state index is 10.3. The molecule has 1 heterocycles. The fraction of sp³-hybridized carbons (Fsp3) is 0.182. The van der Waals surface area contributed by atoms with Crippen molar-refractivity contribution in [3.05, 3.63) is 60.4 Å². The fourth-order valence-electron chi connectivity index (χ4n) is 3.32. The summed E-state index contributed by atoms with van der Waals surface area (Å²) < 4.78 is 7.71. The number of nitrogens with zero attached hydrogens (tertiary/aromatic N) is 3. The molecule has 0 bridgehead atoms. The minimum Gasteiger partial charge on any atom is -0.508 e. The van der Waals surface area contributed by atoms with E-state index in [0.717, 1.165) is 22.2 Å². The Morgan fingerprint density at radius 3 is 2.54 bits per heavy atom. The predicted molar refractivity (Wildman–Crippen MR) is 108 cm³/mol. The Labute approximate surface area is 162 Å². The zero-order chi connectivity index (χ0) is 19.8. The summed E-state index contributed by atoms with van der Waals surface area (Å²) in [6.45, 7) is 5.86. The Hall–Kier alpha value is -3.54. The molecule has 6 nitrogen and oxygen atoms in total. The van der Waals surface area contributed by atoms with Gasteiger partial charge in [-0.3, -0.25) is 4.57 Å². The van der Waals surface area contributed by atoms with E-state index < -0.39 is 0 Å². The first-order valence-corrected chi connectivity index (χ1v) is 9.08. The van der Waals surface area contributed by atoms with Crippen LogP contribution in [0.4, 0.5) is 0 Å². The normalized spacial score (nSPS) is 11.3. The number of ether oxygens (including phenoxy) is 1. The van der Waals surface area contributed by atoms with E-state index >= 15 is 0 Å². The van der Waals surface area contributed by atoms with Gasteiger partial charge in [0.05, 0.1) is 17.4 Å². The zero-order valence-corrected chi connectivity index (χ0v) is 15.9. The number of aryl methyl sites for hydroxylation is 1. The van der Waals surface area contributed by atoms with Crippen LogP contribution in [0, 0.1) is 6.92 Å². The van der Waals surface area contributed by atoms with Crippen LogP contribution in [0.25, 0.3) is 27.8 Å². The maximum Gasteiger partial charge on any atom is 0.172 e. The number of benzene rings is 3. The lowest BCUT2D eigenvalue weighted by molar-refractivity contribution is 0.243. The lowest BCUT2D eigenvalue weighted by Gasteiger charge is -2.14. The Balaban J connectivity index is 1.90. The molecule has 0 atom stereocenters. The van der Waals surface area contributed by atoms with Crippen LogP contribution >= 0.6 is 0 Å². The van der Waals surface area contributed by atoms with Crippen LogP contribution < -0.4 is 4.74 Å². The van der Waals surface area contributed by atoms with Crippen molar-refractivity contribution < 1.29 is 14.9 Å². The van der Waals surface area contributed by atoms with Crippen LogP contribution in [0.2, 0.25) is 0 Å². The van der Waals surface area contributed by atoms with E-state index in [1.807, 2.05) is 61.7 Å². The number of fused-ring (bicyclic) bond motifs is 1. The summed E-state index contributed by atoms with van der Waals surface area (Å²) in [5.74, 6) is 1.95. The van der Waals surface area contributed by atoms with Crippen molar-refractivity contribution >= 4 is 10.8 Å². The van der Waals surface area contributed by atoms with Gasteiger partial charge in [0.15, 0.2) is 5.82 Å². The lowest BCUT2D eigenvalue weighted by Crippen LogP contribution is -2.05. The molecule has 2 N–H and O–H groups in total. The molecule has 0 amide bonds. The Bertz CT molecular complexity index is 1170. The quantitative estimate of drug-likeness (QED) is 0.545. The van der Waals surface area contributed by atoms with Gasteiger partial charge in [-0.1, -0.05) is 12.1 Å². The molecular weight excluding hydrogens is 354 g/mol. The molecule has 0 unspecified atom stereocenters. The van der Waals surface area contributed by atoms with Gasteiger partial charge < -0.3 is 14.9 Å². The van der Waals surface area contributed by atoms with Crippen molar-refractivity contribution in [1.29, 1.82) is 0 Å². The summed E-state index contributed by atoms with van der Waals surface area (Å²) in [6, 6.07) is 16.4. The number of aromatic hydroxyl groups is 2. The monoisotopic (exact) mass is 375 g/mol. The van der Waals surface area contributed by atoms with E-state index in [1.54, 1.807) is 6.07 Å². The van der Waals surface area contributed by atoms with E-state index in [4.69, 9.17) is 4.74 Å². The van der Waals surface area contributed by atoms with Gasteiger partial charge in [-0.2, -0.15) is 0 Å². The second-order valence-electron chi connectivity index (χ2n) is 6.93. The SMILES string of the molecule is Cc1nnc(-c2ccc(O)cc2O)n1-c1cccc2cc(OC(C)C)ccc12. The standard InChI is InChI=1S/C22H21N3O3/c1-13(2)28-17-8-10-18-15(11-17)5-4-6-20(18)25-14(3)23-24-22(25)19-9-7-16(26)12-21(19)27/h4-13,26-27H,1-3H3. The number of aromatic nitrogens is 3. The van der Waals surface area contributed by atoms with Crippen LogP contribution in [0.15, 0.2) is 54.6 Å². The van der Waals surface area contributed by atoms with Gasteiger partial charge in [-0.25, -0.2) is 0 Å². The third kappa shape index (κ3) is 3.13. The summed E-state index contributed by atoms with van der Waals surface area (Å²) in [6.07, 6.45) is 0.102. The molecule has 0 saturated heterocycles. The molecule has 1 aromatic heterocycles. The number of rotatable bonds is 4. The first-order valence-electron chi connectivity index (χ1n) is 9.08. The third-order valence-electron chi connectivity index (χ3n) is 4.49. The van der Waals surface area contributed by atoms with E-state index in [1.165, 1.54) is 12.1 Å². The minimum atomic E-state index is -0.0542. The molecular formula is C22H21N3O3. The topological polar surface area (TPSA) is 80.4 Å². The van der Waals surface area contributed by atoms with Gasteiger partial charge in [0.2, 0.25) is 0 Å². The van der Waals surface area contributed by atoms with Crippen molar-refractivity contribution in [2.75, 3.05) is 0 Å². The third-order valence-corrected chi connectivity index (χ3v) is 4.49. The van der Waals surface area contributed by atoms with Crippen LogP contribution in [0.3, 0.4) is 0 Å². The summed E-state index contributed by atoms with van der Waals surface area (Å²) in [7, 11) is 0. The average Bonchev–Trinajstić information content (AvgIpc) is 3.01. The molecule has 6 heteroatoms. The summed E-state index contributed by atoms with van der Waals surface area (Å²) in [5.41, 5.74) is 1.40. The van der Waals surface area contributed by atoms with Crippen molar-refractivity contribution in [1.82, 2.24) is 14.8 Å². The molecule has 4 rings (SSSR count). The van der Waals surface area contributed by atoms with E-state index in [0.29, 0.717) is 17.2 Å². The summed E-state index contributed by atoms with van der Waals surface area (Å²) in [5, 5.41) is 30.4. The van der Waals surface area contributed by atoms with Crippen LogP contribution in [-0.4, -0.2) is 31.1 Å². The highest BCUT2D eigenvalue weighted by atomic mass is 16.5. The molecule has 28 heavy (non-hydrogen) atoms. The molecule has 0 aliphatic rings. The number of hydrogen-bond acceptors (Lipinski definition) is 5. The molecule has 4 aromatic rings. The van der Waals surface area contributed by atoms with Gasteiger partial charge in [0.1, 0.15) is 23.1 Å². The molecule has 0 aliphatic carbocycles. The van der Waals surface area contributed by atoms with Crippen molar-refractivity contribution in [2.24, 2.45) is 0 Å². The Morgan fingerprint density at radius 1 is 0.964 bits per heavy atom. The van der Waals surface area contributed by atoms with Gasteiger partial charge in [-0.15, -0.1) is 10.2 Å². The first-order chi connectivity index (χ1) is 13.4. The van der Waals surface area contributed by atoms with Gasteiger partial charge in [0, 0.05) is 11.5 Å². The smallest absolute Gasteiger partial charge is 0.172 e. The van der Waals surface area contributed by atoms with Crippen molar-refractivity contribution in [3.8, 4) is 34.3 Å². The van der Waals surface area contributed by atoms with Crippen LogP contribution in [-0.2, 0) is 0 Å². The second kappa shape index (κ2) is 6.88. The van der Waals surface area contributed by atoms with Crippen molar-refractivity contribution in [2.45, 2.75) is 26.9 Å². The molecule has 0 radical (unpaired) electrons.